The van der Waals surface area contributed by atoms with Gasteiger partial charge in [0.25, 0.3) is 5.91 Å². The van der Waals surface area contributed by atoms with E-state index in [0.29, 0.717) is 38.0 Å². The van der Waals surface area contributed by atoms with E-state index < -0.39 is 59.5 Å². The molecular formula is C30H37FN4O7. The largest absolute Gasteiger partial charge is 0.493 e. The average molecular weight is 585 g/mol. The van der Waals surface area contributed by atoms with Crippen LogP contribution in [0.2, 0.25) is 0 Å². The minimum Gasteiger partial charge on any atom is -0.493 e. The average Bonchev–Trinajstić information content (AvgIpc) is 2.98. The summed E-state index contributed by atoms with van der Waals surface area (Å²) >= 11 is 0. The third-order valence-electron chi connectivity index (χ3n) is 7.59. The number of carbonyl (C=O) groups excluding carboxylic acids is 4. The van der Waals surface area contributed by atoms with E-state index in [4.69, 9.17) is 9.47 Å². The molecule has 2 aromatic rings. The van der Waals surface area contributed by atoms with Crippen LogP contribution < -0.4 is 26.0 Å². The zero-order valence-electron chi connectivity index (χ0n) is 23.5. The Bertz CT molecular complexity index is 1280. The van der Waals surface area contributed by atoms with Gasteiger partial charge < -0.3 is 35.8 Å². The Hall–Kier alpha value is -4.03. The van der Waals surface area contributed by atoms with Crippen LogP contribution in [0.4, 0.5) is 4.39 Å². The molecular weight excluding hydrogens is 547 g/mol. The molecule has 42 heavy (non-hydrogen) atoms. The molecule has 0 saturated carbocycles. The van der Waals surface area contributed by atoms with Crippen LogP contribution in [-0.2, 0) is 24.5 Å². The number of hydrogen-bond donors (Lipinski definition) is 5. The molecule has 0 aliphatic carbocycles. The van der Waals surface area contributed by atoms with Gasteiger partial charge in [-0.2, -0.15) is 0 Å². The monoisotopic (exact) mass is 584 g/mol. The number of fused-ring (bicyclic) bond motifs is 1. The molecule has 2 aromatic carbocycles. The summed E-state index contributed by atoms with van der Waals surface area (Å²) in [5, 5.41) is 20.8. The minimum absolute atomic E-state index is 0.116. The number of rotatable bonds is 5. The van der Waals surface area contributed by atoms with Crippen molar-refractivity contribution in [2.45, 2.75) is 56.2 Å². The lowest BCUT2D eigenvalue weighted by molar-refractivity contribution is -0.133. The summed E-state index contributed by atoms with van der Waals surface area (Å²) in [5.74, 6) is -2.68. The van der Waals surface area contributed by atoms with Gasteiger partial charge in [-0.05, 0) is 56.0 Å². The van der Waals surface area contributed by atoms with E-state index in [1.165, 1.54) is 19.1 Å². The lowest BCUT2D eigenvalue weighted by Gasteiger charge is -2.38. The van der Waals surface area contributed by atoms with Crippen LogP contribution in [-0.4, -0.2) is 79.8 Å². The first-order valence-corrected chi connectivity index (χ1v) is 14.1. The summed E-state index contributed by atoms with van der Waals surface area (Å²) < 4.78 is 25.4. The smallest absolute Gasteiger partial charge is 0.255 e. The first kappa shape index (κ1) is 30.9. The van der Waals surface area contributed by atoms with Crippen LogP contribution in [0.5, 0.6) is 5.75 Å². The number of carbonyl (C=O) groups is 4. The highest BCUT2D eigenvalue weighted by Gasteiger charge is 2.37. The third kappa shape index (κ3) is 7.83. The Balaban J connectivity index is 1.59. The second-order valence-electron chi connectivity index (χ2n) is 10.6. The van der Waals surface area contributed by atoms with Gasteiger partial charge in [0.2, 0.25) is 17.7 Å². The maximum Gasteiger partial charge on any atom is 0.255 e. The number of para-hydroxylation sites is 1. The van der Waals surface area contributed by atoms with Crippen LogP contribution in [0.15, 0.2) is 48.5 Å². The van der Waals surface area contributed by atoms with Crippen LogP contribution in [0, 0.1) is 5.82 Å². The second-order valence-corrected chi connectivity index (χ2v) is 10.6. The standard InChI is InChI=1S/C30H37FN4O7/c1-19(36)26-29(40)32-12-5-13-42-24-9-3-2-8-22(24)27(38)34-23(17-25(37)35-26)28(39)33-18-30(10-14-41-15-11-30)20-6-4-7-21(31)16-20/h2-4,6-9,16,19,23,26,36H,5,10-15,17-18H2,1H3,(H,32,40)(H,33,39)(H,34,38)(H,35,37)/t19-,23+,26+/m1/s1. The zero-order valence-corrected chi connectivity index (χ0v) is 23.5. The SMILES string of the molecule is C[C@@H](O)[C@@H]1NC(=O)C[C@@H](C(=O)NCC2(c3cccc(F)c3)CCOCC2)NC(=O)c2ccccc2OCCCNC1=O. The topological polar surface area (TPSA) is 155 Å². The fourth-order valence-electron chi connectivity index (χ4n) is 5.15. The van der Waals surface area contributed by atoms with Crippen molar-refractivity contribution in [3.63, 3.8) is 0 Å². The second kappa shape index (κ2) is 14.2. The van der Waals surface area contributed by atoms with Crippen molar-refractivity contribution >= 4 is 23.6 Å². The predicted octanol–water partition coefficient (Wildman–Crippen LogP) is 0.943. The van der Waals surface area contributed by atoms with Gasteiger partial charge in [0, 0.05) is 31.7 Å². The Morgan fingerprint density at radius 2 is 1.86 bits per heavy atom. The van der Waals surface area contributed by atoms with Gasteiger partial charge in [-0.3, -0.25) is 19.2 Å². The lowest BCUT2D eigenvalue weighted by atomic mass is 9.74. The molecule has 2 aliphatic rings. The fourth-order valence-corrected chi connectivity index (χ4v) is 5.15. The van der Waals surface area contributed by atoms with E-state index in [2.05, 4.69) is 21.3 Å². The fraction of sp³-hybridized carbons (Fsp3) is 0.467. The number of halogens is 1. The predicted molar refractivity (Wildman–Crippen MR) is 150 cm³/mol. The van der Waals surface area contributed by atoms with Crippen molar-refractivity contribution < 1.29 is 38.1 Å². The summed E-state index contributed by atoms with van der Waals surface area (Å²) in [4.78, 5) is 52.7. The van der Waals surface area contributed by atoms with E-state index >= 15 is 0 Å². The highest BCUT2D eigenvalue weighted by atomic mass is 19.1. The molecule has 2 heterocycles. The van der Waals surface area contributed by atoms with Gasteiger partial charge in [-0.15, -0.1) is 0 Å². The molecule has 1 fully saturated rings. The highest BCUT2D eigenvalue weighted by molar-refractivity contribution is 6.01. The minimum atomic E-state index is -1.34. The molecule has 0 spiro atoms. The van der Waals surface area contributed by atoms with Crippen LogP contribution in [0.25, 0.3) is 0 Å². The summed E-state index contributed by atoms with van der Waals surface area (Å²) in [6.07, 6.45) is -0.251. The highest BCUT2D eigenvalue weighted by Crippen LogP contribution is 2.34. The van der Waals surface area contributed by atoms with Gasteiger partial charge in [0.1, 0.15) is 23.7 Å². The Morgan fingerprint density at radius 1 is 1.10 bits per heavy atom. The van der Waals surface area contributed by atoms with Crippen LogP contribution in [0.1, 0.15) is 48.5 Å². The van der Waals surface area contributed by atoms with Crippen molar-refractivity contribution in [1.29, 1.82) is 0 Å². The molecule has 5 N–H and O–H groups in total. The van der Waals surface area contributed by atoms with Crippen LogP contribution in [0.3, 0.4) is 0 Å². The third-order valence-corrected chi connectivity index (χ3v) is 7.59. The number of hydrogen-bond acceptors (Lipinski definition) is 7. The van der Waals surface area contributed by atoms with E-state index in [1.54, 1.807) is 36.4 Å². The summed E-state index contributed by atoms with van der Waals surface area (Å²) in [7, 11) is 0. The maximum atomic E-state index is 14.1. The summed E-state index contributed by atoms with van der Waals surface area (Å²) in [6.45, 7) is 2.74. The molecule has 1 saturated heterocycles. The number of ether oxygens (including phenoxy) is 2. The van der Waals surface area contributed by atoms with Crippen molar-refractivity contribution in [1.82, 2.24) is 21.3 Å². The van der Waals surface area contributed by atoms with Crippen LogP contribution >= 0.6 is 0 Å². The van der Waals surface area contributed by atoms with Crippen molar-refractivity contribution in [2.24, 2.45) is 0 Å². The van der Waals surface area contributed by atoms with Gasteiger partial charge in [-0.1, -0.05) is 24.3 Å². The number of benzene rings is 2. The van der Waals surface area contributed by atoms with Gasteiger partial charge >= 0.3 is 0 Å². The molecule has 2 aliphatic heterocycles. The molecule has 12 heteroatoms. The Kier molecular flexibility index (Phi) is 10.5. The van der Waals surface area contributed by atoms with Gasteiger partial charge in [0.15, 0.2) is 0 Å². The van der Waals surface area contributed by atoms with Crippen molar-refractivity contribution in [3.8, 4) is 5.75 Å². The molecule has 11 nitrogen and oxygen atoms in total. The first-order valence-electron chi connectivity index (χ1n) is 14.1. The zero-order chi connectivity index (χ0) is 30.1. The van der Waals surface area contributed by atoms with E-state index in [0.717, 1.165) is 0 Å². The first-order chi connectivity index (χ1) is 20.2. The molecule has 0 aromatic heterocycles. The van der Waals surface area contributed by atoms with E-state index in [1.807, 2.05) is 0 Å². The summed E-state index contributed by atoms with van der Waals surface area (Å²) in [5.41, 5.74) is 0.279. The molecule has 0 unspecified atom stereocenters. The number of nitrogens with one attached hydrogen (secondary N) is 4. The number of amides is 4. The molecule has 4 rings (SSSR count). The molecule has 4 amide bonds. The van der Waals surface area contributed by atoms with E-state index in [-0.39, 0.29) is 31.0 Å². The van der Waals surface area contributed by atoms with Crippen molar-refractivity contribution in [3.05, 3.63) is 65.5 Å². The number of aliphatic hydroxyl groups is 1. The molecule has 3 atom stereocenters. The molecule has 226 valence electrons. The Labute approximate surface area is 243 Å². The number of aliphatic hydroxyl groups excluding tert-OH is 1. The maximum absolute atomic E-state index is 14.1. The molecule has 0 radical (unpaired) electrons. The lowest BCUT2D eigenvalue weighted by Crippen LogP contribution is -2.56. The Morgan fingerprint density at radius 3 is 2.60 bits per heavy atom. The summed E-state index contributed by atoms with van der Waals surface area (Å²) in [6, 6.07) is 10.1. The van der Waals surface area contributed by atoms with Gasteiger partial charge in [0.05, 0.1) is 24.7 Å². The normalized spacial score (nSPS) is 22.5. The molecule has 0 bridgehead atoms. The quantitative estimate of drug-likeness (QED) is 0.350. The van der Waals surface area contributed by atoms with E-state index in [9.17, 15) is 28.7 Å². The van der Waals surface area contributed by atoms with Crippen molar-refractivity contribution in [2.75, 3.05) is 32.9 Å². The van der Waals surface area contributed by atoms with Gasteiger partial charge in [-0.25, -0.2) is 4.39 Å².